The van der Waals surface area contributed by atoms with Crippen molar-refractivity contribution in [2.75, 3.05) is 18.0 Å². The lowest BCUT2D eigenvalue weighted by Crippen LogP contribution is -2.19. The van der Waals surface area contributed by atoms with Crippen molar-refractivity contribution in [1.82, 2.24) is 0 Å². The number of ketones is 1. The summed E-state index contributed by atoms with van der Waals surface area (Å²) in [6, 6.07) is 15.3. The van der Waals surface area contributed by atoms with Crippen molar-refractivity contribution < 1.29 is 4.79 Å². The smallest absolute Gasteiger partial charge is 0.159 e. The Hall–Kier alpha value is -2.09. The standard InChI is InChI=1S/C22H25NO/c1-16(24)17-4-6-18(7-5-17)19-8-9-21-15-22(11-10-20(21)14-19)23-12-2-3-13-23/h4-7,10-11,15,19H,2-3,8-9,12-14H2,1H3. The molecule has 1 fully saturated rings. The summed E-state index contributed by atoms with van der Waals surface area (Å²) in [5.74, 6) is 0.723. The molecule has 1 atom stereocenters. The van der Waals surface area contributed by atoms with E-state index >= 15 is 0 Å². The van der Waals surface area contributed by atoms with Crippen LogP contribution in [0.1, 0.15) is 59.2 Å². The lowest BCUT2D eigenvalue weighted by atomic mass is 9.80. The Labute approximate surface area is 144 Å². The fourth-order valence-corrected chi connectivity index (χ4v) is 4.19. The number of nitrogens with zero attached hydrogens (tertiary/aromatic N) is 1. The zero-order valence-electron chi connectivity index (χ0n) is 14.4. The molecule has 1 aliphatic heterocycles. The number of Topliss-reactive ketones (excluding diaryl/α,β-unsaturated/α-hetero) is 1. The number of hydrogen-bond donors (Lipinski definition) is 0. The average molecular weight is 319 g/mol. The highest BCUT2D eigenvalue weighted by atomic mass is 16.1. The van der Waals surface area contributed by atoms with E-state index in [0.29, 0.717) is 5.92 Å². The third kappa shape index (κ3) is 2.98. The Balaban J connectivity index is 1.52. The molecule has 0 radical (unpaired) electrons. The van der Waals surface area contributed by atoms with Crippen molar-refractivity contribution in [3.05, 3.63) is 64.7 Å². The molecule has 2 heteroatoms. The number of anilines is 1. The normalized spacial score (nSPS) is 20.0. The molecular weight excluding hydrogens is 294 g/mol. The Bertz CT molecular complexity index is 741. The molecule has 1 unspecified atom stereocenters. The van der Waals surface area contributed by atoms with Gasteiger partial charge in [0.25, 0.3) is 0 Å². The van der Waals surface area contributed by atoms with Crippen LogP contribution in [0.25, 0.3) is 0 Å². The van der Waals surface area contributed by atoms with Crippen molar-refractivity contribution in [3.8, 4) is 0 Å². The van der Waals surface area contributed by atoms with E-state index in [1.165, 1.54) is 54.7 Å². The van der Waals surface area contributed by atoms with Gasteiger partial charge in [-0.3, -0.25) is 4.79 Å². The largest absolute Gasteiger partial charge is 0.372 e. The van der Waals surface area contributed by atoms with E-state index in [9.17, 15) is 4.79 Å². The lowest BCUT2D eigenvalue weighted by molar-refractivity contribution is 0.101. The molecule has 0 amide bonds. The summed E-state index contributed by atoms with van der Waals surface area (Å²) < 4.78 is 0. The number of carbonyl (C=O) groups is 1. The van der Waals surface area contributed by atoms with Crippen molar-refractivity contribution in [3.63, 3.8) is 0 Å². The molecule has 0 saturated carbocycles. The molecule has 1 aliphatic carbocycles. The van der Waals surface area contributed by atoms with Crippen LogP contribution >= 0.6 is 0 Å². The Kier molecular flexibility index (Phi) is 4.13. The Morgan fingerprint density at radius 1 is 1.00 bits per heavy atom. The monoisotopic (exact) mass is 319 g/mol. The second-order valence-electron chi connectivity index (χ2n) is 7.27. The first-order chi connectivity index (χ1) is 11.7. The van der Waals surface area contributed by atoms with Gasteiger partial charge in [-0.05, 0) is 73.8 Å². The van der Waals surface area contributed by atoms with Crippen LogP contribution in [-0.2, 0) is 12.8 Å². The lowest BCUT2D eigenvalue weighted by Gasteiger charge is -2.27. The minimum Gasteiger partial charge on any atom is -0.372 e. The van der Waals surface area contributed by atoms with Gasteiger partial charge < -0.3 is 4.90 Å². The van der Waals surface area contributed by atoms with E-state index in [-0.39, 0.29) is 5.78 Å². The van der Waals surface area contributed by atoms with E-state index in [1.54, 1.807) is 6.92 Å². The Morgan fingerprint density at radius 2 is 1.75 bits per heavy atom. The van der Waals surface area contributed by atoms with E-state index < -0.39 is 0 Å². The highest BCUT2D eigenvalue weighted by Crippen LogP contribution is 2.35. The van der Waals surface area contributed by atoms with Crippen LogP contribution < -0.4 is 4.90 Å². The molecule has 2 aliphatic rings. The highest BCUT2D eigenvalue weighted by molar-refractivity contribution is 5.94. The van der Waals surface area contributed by atoms with Gasteiger partial charge in [-0.15, -0.1) is 0 Å². The van der Waals surface area contributed by atoms with Crippen LogP contribution in [0.4, 0.5) is 5.69 Å². The van der Waals surface area contributed by atoms with Gasteiger partial charge in [0.05, 0.1) is 0 Å². The first-order valence-corrected chi connectivity index (χ1v) is 9.18. The van der Waals surface area contributed by atoms with Gasteiger partial charge in [0.2, 0.25) is 0 Å². The quantitative estimate of drug-likeness (QED) is 0.760. The third-order valence-electron chi connectivity index (χ3n) is 5.68. The van der Waals surface area contributed by atoms with Gasteiger partial charge in [-0.1, -0.05) is 30.3 Å². The van der Waals surface area contributed by atoms with E-state index in [4.69, 9.17) is 0 Å². The fraction of sp³-hybridized carbons (Fsp3) is 0.409. The molecule has 0 bridgehead atoms. The maximum absolute atomic E-state index is 11.4. The molecule has 2 nitrogen and oxygen atoms in total. The number of fused-ring (bicyclic) bond motifs is 1. The summed E-state index contributed by atoms with van der Waals surface area (Å²) in [6.07, 6.45) is 6.14. The second-order valence-corrected chi connectivity index (χ2v) is 7.27. The Morgan fingerprint density at radius 3 is 2.46 bits per heavy atom. The van der Waals surface area contributed by atoms with E-state index in [1.807, 2.05) is 12.1 Å². The maximum atomic E-state index is 11.4. The summed E-state index contributed by atoms with van der Waals surface area (Å²) in [5, 5.41) is 0. The van der Waals surface area contributed by atoms with Crippen LogP contribution in [0.15, 0.2) is 42.5 Å². The molecular formula is C22H25NO. The molecule has 0 N–H and O–H groups in total. The molecule has 24 heavy (non-hydrogen) atoms. The topological polar surface area (TPSA) is 20.3 Å². The minimum atomic E-state index is 0.144. The van der Waals surface area contributed by atoms with Crippen molar-refractivity contribution >= 4 is 11.5 Å². The van der Waals surface area contributed by atoms with Crippen LogP contribution in [0, 0.1) is 0 Å². The van der Waals surface area contributed by atoms with Crippen LogP contribution in [-0.4, -0.2) is 18.9 Å². The van der Waals surface area contributed by atoms with Gasteiger partial charge >= 0.3 is 0 Å². The van der Waals surface area contributed by atoms with Crippen LogP contribution in [0.5, 0.6) is 0 Å². The molecule has 1 saturated heterocycles. The number of hydrogen-bond acceptors (Lipinski definition) is 2. The first-order valence-electron chi connectivity index (χ1n) is 9.18. The van der Waals surface area contributed by atoms with Crippen molar-refractivity contribution in [1.29, 1.82) is 0 Å². The van der Waals surface area contributed by atoms with Gasteiger partial charge in [0.15, 0.2) is 5.78 Å². The van der Waals surface area contributed by atoms with E-state index in [2.05, 4.69) is 35.2 Å². The molecule has 0 spiro atoms. The van der Waals surface area contributed by atoms with E-state index in [0.717, 1.165) is 18.4 Å². The molecule has 1 heterocycles. The average Bonchev–Trinajstić information content (AvgIpc) is 3.15. The molecule has 2 aromatic carbocycles. The number of aryl methyl sites for hydroxylation is 1. The van der Waals surface area contributed by atoms with Gasteiger partial charge in [0.1, 0.15) is 0 Å². The predicted octanol–water partition coefficient (Wildman–Crippen LogP) is 4.76. The number of rotatable bonds is 3. The third-order valence-corrected chi connectivity index (χ3v) is 5.68. The van der Waals surface area contributed by atoms with Crippen molar-refractivity contribution in [2.45, 2.75) is 44.9 Å². The number of benzene rings is 2. The zero-order valence-corrected chi connectivity index (χ0v) is 14.4. The van der Waals surface area contributed by atoms with Crippen LogP contribution in [0.3, 0.4) is 0 Å². The minimum absolute atomic E-state index is 0.144. The highest BCUT2D eigenvalue weighted by Gasteiger charge is 2.22. The summed E-state index contributed by atoms with van der Waals surface area (Å²) in [7, 11) is 0. The van der Waals surface area contributed by atoms with Crippen molar-refractivity contribution in [2.24, 2.45) is 0 Å². The van der Waals surface area contributed by atoms with Gasteiger partial charge in [-0.25, -0.2) is 0 Å². The van der Waals surface area contributed by atoms with Gasteiger partial charge in [0, 0.05) is 24.3 Å². The second kappa shape index (κ2) is 6.43. The summed E-state index contributed by atoms with van der Waals surface area (Å²) in [6.45, 7) is 4.05. The SMILES string of the molecule is CC(=O)c1ccc(C2CCc3cc(N4CCCC4)ccc3C2)cc1. The van der Waals surface area contributed by atoms with Gasteiger partial charge in [-0.2, -0.15) is 0 Å². The molecule has 2 aromatic rings. The first kappa shape index (κ1) is 15.4. The fourth-order valence-electron chi connectivity index (χ4n) is 4.19. The molecule has 124 valence electrons. The summed E-state index contributed by atoms with van der Waals surface area (Å²) in [5.41, 5.74) is 6.64. The molecule has 4 rings (SSSR count). The maximum Gasteiger partial charge on any atom is 0.159 e. The summed E-state index contributed by atoms with van der Waals surface area (Å²) in [4.78, 5) is 14.0. The summed E-state index contributed by atoms with van der Waals surface area (Å²) >= 11 is 0. The molecule has 0 aromatic heterocycles. The predicted molar refractivity (Wildman–Crippen MR) is 99.1 cm³/mol. The number of carbonyl (C=O) groups excluding carboxylic acids is 1. The van der Waals surface area contributed by atoms with Crippen LogP contribution in [0.2, 0.25) is 0 Å². The zero-order chi connectivity index (χ0) is 16.5.